The van der Waals surface area contributed by atoms with Gasteiger partial charge in [-0.2, -0.15) is 0 Å². The molecule has 0 saturated heterocycles. The van der Waals surface area contributed by atoms with E-state index in [1.807, 2.05) is 0 Å². The molecular formula is C29H56O4. The average molecular weight is 469 g/mol. The van der Waals surface area contributed by atoms with Gasteiger partial charge in [-0.1, -0.05) is 115 Å². The van der Waals surface area contributed by atoms with Gasteiger partial charge in [-0.25, -0.2) is 0 Å². The molecule has 0 radical (unpaired) electrons. The van der Waals surface area contributed by atoms with Crippen molar-refractivity contribution in [3.8, 4) is 0 Å². The van der Waals surface area contributed by atoms with E-state index in [0.29, 0.717) is 6.61 Å². The minimum Gasteiger partial charge on any atom is -0.458 e. The van der Waals surface area contributed by atoms with E-state index in [1.165, 1.54) is 129 Å². The van der Waals surface area contributed by atoms with Crippen molar-refractivity contribution in [1.82, 2.24) is 0 Å². The monoisotopic (exact) mass is 468 g/mol. The van der Waals surface area contributed by atoms with E-state index >= 15 is 0 Å². The molecule has 33 heavy (non-hydrogen) atoms. The van der Waals surface area contributed by atoms with Crippen molar-refractivity contribution >= 4 is 5.97 Å². The second kappa shape index (κ2) is 27.4. The fourth-order valence-electron chi connectivity index (χ4n) is 4.09. The minimum absolute atomic E-state index is 0.185. The van der Waals surface area contributed by atoms with Gasteiger partial charge in [0.05, 0.1) is 13.2 Å². The maximum Gasteiger partial charge on any atom is 0.303 e. The molecule has 0 aromatic rings. The van der Waals surface area contributed by atoms with Crippen molar-refractivity contribution in [2.24, 2.45) is 0 Å². The summed E-state index contributed by atoms with van der Waals surface area (Å²) in [6.07, 6.45) is 31.1. The van der Waals surface area contributed by atoms with Gasteiger partial charge in [0.25, 0.3) is 0 Å². The Morgan fingerprint density at radius 2 is 1.12 bits per heavy atom. The van der Waals surface area contributed by atoms with Crippen molar-refractivity contribution in [2.75, 3.05) is 19.8 Å². The Bertz CT molecular complexity index is 422. The van der Waals surface area contributed by atoms with Gasteiger partial charge in [0.15, 0.2) is 0 Å². The molecule has 4 nitrogen and oxygen atoms in total. The van der Waals surface area contributed by atoms with Crippen LogP contribution >= 0.6 is 0 Å². The highest BCUT2D eigenvalue weighted by atomic mass is 16.6. The number of rotatable bonds is 26. The van der Waals surface area contributed by atoms with E-state index < -0.39 is 6.10 Å². The summed E-state index contributed by atoms with van der Waals surface area (Å²) >= 11 is 0. The summed E-state index contributed by atoms with van der Waals surface area (Å²) in [5.74, 6) is -0.376. The zero-order valence-corrected chi connectivity index (χ0v) is 22.2. The predicted molar refractivity (Wildman–Crippen MR) is 141 cm³/mol. The Kier molecular flexibility index (Phi) is 26.7. The topological polar surface area (TPSA) is 55.8 Å². The second-order valence-corrected chi connectivity index (χ2v) is 9.55. The lowest BCUT2D eigenvalue weighted by Crippen LogP contribution is -2.26. The van der Waals surface area contributed by atoms with Crippen LogP contribution in [0.1, 0.15) is 142 Å². The summed E-state index contributed by atoms with van der Waals surface area (Å²) < 4.78 is 10.4. The van der Waals surface area contributed by atoms with Gasteiger partial charge in [-0.15, -0.1) is 0 Å². The van der Waals surface area contributed by atoms with Crippen LogP contribution in [-0.2, 0) is 14.3 Å². The van der Waals surface area contributed by atoms with Crippen molar-refractivity contribution in [1.29, 1.82) is 0 Å². The van der Waals surface area contributed by atoms with Crippen molar-refractivity contribution in [3.05, 3.63) is 12.2 Å². The van der Waals surface area contributed by atoms with E-state index in [9.17, 15) is 4.79 Å². The number of hydrogen-bond donors (Lipinski definition) is 1. The molecule has 4 heteroatoms. The van der Waals surface area contributed by atoms with Gasteiger partial charge >= 0.3 is 5.97 Å². The number of carbonyl (C=O) groups excluding carboxylic acids is 1. The van der Waals surface area contributed by atoms with Crippen LogP contribution in [0.3, 0.4) is 0 Å². The molecule has 1 N–H and O–H groups in total. The molecule has 0 spiro atoms. The Morgan fingerprint density at radius 3 is 1.55 bits per heavy atom. The summed E-state index contributed by atoms with van der Waals surface area (Å²) in [5, 5.41) is 9.10. The van der Waals surface area contributed by atoms with Crippen molar-refractivity contribution in [3.63, 3.8) is 0 Å². The number of allylic oxidation sites excluding steroid dienone is 2. The molecule has 0 aliphatic rings. The first kappa shape index (κ1) is 32.1. The number of aliphatic hydroxyl groups is 1. The van der Waals surface area contributed by atoms with Crippen molar-refractivity contribution < 1.29 is 19.4 Å². The summed E-state index contributed by atoms with van der Waals surface area (Å²) in [4.78, 5) is 10.9. The molecule has 0 aromatic carbocycles. The number of carbonyl (C=O) groups is 1. The lowest BCUT2D eigenvalue weighted by molar-refractivity contribution is -0.152. The zero-order valence-electron chi connectivity index (χ0n) is 22.2. The fraction of sp³-hybridized carbons (Fsp3) is 0.897. The molecule has 0 rings (SSSR count). The molecule has 1 unspecified atom stereocenters. The first-order valence-corrected chi connectivity index (χ1v) is 14.2. The Labute approximate surface area is 205 Å². The molecule has 0 bridgehead atoms. The summed E-state index contributed by atoms with van der Waals surface area (Å²) in [6.45, 7) is 4.40. The highest BCUT2D eigenvalue weighted by molar-refractivity contribution is 5.66. The van der Waals surface area contributed by atoms with Crippen LogP contribution in [0.5, 0.6) is 0 Å². The maximum atomic E-state index is 10.9. The van der Waals surface area contributed by atoms with E-state index in [4.69, 9.17) is 14.6 Å². The van der Waals surface area contributed by atoms with Gasteiger partial charge in [0.2, 0.25) is 0 Å². The second-order valence-electron chi connectivity index (χ2n) is 9.55. The molecule has 1 atom stereocenters. The highest BCUT2D eigenvalue weighted by Gasteiger charge is 2.10. The van der Waals surface area contributed by atoms with Crippen LogP contribution in [0.15, 0.2) is 12.2 Å². The van der Waals surface area contributed by atoms with Gasteiger partial charge in [0.1, 0.15) is 6.10 Å². The minimum atomic E-state index is -0.529. The van der Waals surface area contributed by atoms with E-state index in [0.717, 1.165) is 6.42 Å². The molecule has 196 valence electrons. The molecule has 0 amide bonds. The Morgan fingerprint density at radius 1 is 0.697 bits per heavy atom. The number of ether oxygens (including phenoxy) is 2. The zero-order chi connectivity index (χ0) is 24.2. The Balaban J connectivity index is 3.18. The summed E-state index contributed by atoms with van der Waals surface area (Å²) in [6, 6.07) is 0. The van der Waals surface area contributed by atoms with Crippen LogP contribution in [0, 0.1) is 0 Å². The third-order valence-corrected chi connectivity index (χ3v) is 6.14. The summed E-state index contributed by atoms with van der Waals surface area (Å²) in [5.41, 5.74) is 0. The average Bonchev–Trinajstić information content (AvgIpc) is 2.80. The highest BCUT2D eigenvalue weighted by Crippen LogP contribution is 2.13. The van der Waals surface area contributed by atoms with Crippen LogP contribution in [-0.4, -0.2) is 37.0 Å². The molecule has 0 aliphatic carbocycles. The molecule has 0 aliphatic heterocycles. The number of unbranched alkanes of at least 4 members (excludes halogenated alkanes) is 18. The number of aliphatic hydroxyl groups excluding tert-OH is 1. The van der Waals surface area contributed by atoms with Gasteiger partial charge < -0.3 is 14.6 Å². The van der Waals surface area contributed by atoms with E-state index in [2.05, 4.69) is 19.1 Å². The van der Waals surface area contributed by atoms with Crippen molar-refractivity contribution in [2.45, 2.75) is 148 Å². The van der Waals surface area contributed by atoms with E-state index in [1.54, 1.807) is 0 Å². The van der Waals surface area contributed by atoms with E-state index in [-0.39, 0.29) is 19.2 Å². The van der Waals surface area contributed by atoms with Gasteiger partial charge in [0, 0.05) is 13.5 Å². The molecular weight excluding hydrogens is 412 g/mol. The maximum absolute atomic E-state index is 10.9. The molecule has 0 fully saturated rings. The third-order valence-electron chi connectivity index (χ3n) is 6.14. The first-order valence-electron chi connectivity index (χ1n) is 14.2. The first-order chi connectivity index (χ1) is 16.2. The molecule has 0 aromatic heterocycles. The lowest BCUT2D eigenvalue weighted by atomic mass is 10.1. The normalized spacial score (nSPS) is 12.5. The smallest absolute Gasteiger partial charge is 0.303 e. The van der Waals surface area contributed by atoms with Gasteiger partial charge in [-0.3, -0.25) is 4.79 Å². The Hall–Kier alpha value is -0.870. The quantitative estimate of drug-likeness (QED) is 0.0787. The largest absolute Gasteiger partial charge is 0.458 e. The SMILES string of the molecule is CCCCCCCCCC/C=C\CCCCCCCCCCCCOCC(CO)OC(C)=O. The summed E-state index contributed by atoms with van der Waals surface area (Å²) in [7, 11) is 0. The number of hydrogen-bond acceptors (Lipinski definition) is 4. The molecule has 0 saturated carbocycles. The third kappa shape index (κ3) is 27.3. The number of esters is 1. The van der Waals surface area contributed by atoms with Crippen LogP contribution in [0.2, 0.25) is 0 Å². The standard InChI is InChI=1S/C29H56O4/c1-3-4-5-6-7-8-9-10-11-12-13-14-15-16-17-18-19-20-21-22-23-24-25-32-27-29(26-30)33-28(2)31/h12-13,29-30H,3-11,14-27H2,1-2H3/b13-12-. The van der Waals surface area contributed by atoms with Gasteiger partial charge in [-0.05, 0) is 32.1 Å². The van der Waals surface area contributed by atoms with Crippen LogP contribution < -0.4 is 0 Å². The lowest BCUT2D eigenvalue weighted by Gasteiger charge is -2.14. The van der Waals surface area contributed by atoms with Crippen LogP contribution in [0.25, 0.3) is 0 Å². The molecule has 0 heterocycles. The predicted octanol–water partition coefficient (Wildman–Crippen LogP) is 8.31. The van der Waals surface area contributed by atoms with Crippen LogP contribution in [0.4, 0.5) is 0 Å². The fourth-order valence-corrected chi connectivity index (χ4v) is 4.09.